The van der Waals surface area contributed by atoms with Crippen molar-refractivity contribution in [2.75, 3.05) is 6.61 Å². The van der Waals surface area contributed by atoms with Gasteiger partial charge >= 0.3 is 0 Å². The molecular formula is C19H26BrN3OSi. The van der Waals surface area contributed by atoms with Crippen molar-refractivity contribution >= 4 is 34.9 Å². The van der Waals surface area contributed by atoms with E-state index in [0.717, 1.165) is 23.2 Å². The van der Waals surface area contributed by atoms with E-state index in [1.807, 2.05) is 10.9 Å². The van der Waals surface area contributed by atoms with Gasteiger partial charge in [-0.3, -0.25) is 0 Å². The van der Waals surface area contributed by atoms with Gasteiger partial charge in [0.05, 0.1) is 6.20 Å². The maximum absolute atomic E-state index is 5.80. The van der Waals surface area contributed by atoms with Gasteiger partial charge in [0.2, 0.25) is 0 Å². The van der Waals surface area contributed by atoms with E-state index in [2.05, 4.69) is 82.8 Å². The summed E-state index contributed by atoms with van der Waals surface area (Å²) in [7, 11) is -1.04. The minimum atomic E-state index is -1.04. The third-order valence-corrected chi connectivity index (χ3v) is 6.55. The van der Waals surface area contributed by atoms with Crippen LogP contribution in [0.15, 0.2) is 41.3 Å². The van der Waals surface area contributed by atoms with E-state index in [4.69, 9.17) is 4.74 Å². The van der Waals surface area contributed by atoms with E-state index < -0.39 is 8.07 Å². The van der Waals surface area contributed by atoms with Gasteiger partial charge in [-0.05, 0) is 31.2 Å². The Labute approximate surface area is 158 Å². The number of hydrogen-bond donors (Lipinski definition) is 0. The van der Waals surface area contributed by atoms with Crippen molar-refractivity contribution in [1.29, 1.82) is 0 Å². The zero-order valence-corrected chi connectivity index (χ0v) is 18.0. The summed E-state index contributed by atoms with van der Waals surface area (Å²) in [5.41, 5.74) is 3.59. The monoisotopic (exact) mass is 419 g/mol. The Morgan fingerprint density at radius 3 is 2.72 bits per heavy atom. The molecule has 3 rings (SSSR count). The number of fused-ring (bicyclic) bond motifs is 1. The molecule has 0 saturated carbocycles. The number of ether oxygens (including phenoxy) is 1. The molecule has 0 atom stereocenters. The van der Waals surface area contributed by atoms with Crippen LogP contribution in [0.25, 0.3) is 22.0 Å². The van der Waals surface area contributed by atoms with Crippen molar-refractivity contribution in [3.8, 4) is 11.1 Å². The number of rotatable bonds is 7. The second kappa shape index (κ2) is 7.48. The van der Waals surface area contributed by atoms with Crippen molar-refractivity contribution in [2.45, 2.75) is 45.9 Å². The summed E-state index contributed by atoms with van der Waals surface area (Å²) in [6.45, 7) is 11.5. The number of halogens is 1. The van der Waals surface area contributed by atoms with Crippen molar-refractivity contribution in [1.82, 2.24) is 14.3 Å². The topological polar surface area (TPSA) is 32.0 Å². The first-order valence-corrected chi connectivity index (χ1v) is 13.3. The molecule has 0 amide bonds. The summed E-state index contributed by atoms with van der Waals surface area (Å²) < 4.78 is 11.1. The highest BCUT2D eigenvalue weighted by atomic mass is 79.9. The summed E-state index contributed by atoms with van der Waals surface area (Å²) in [4.78, 5) is 0. The molecule has 0 radical (unpaired) electrons. The van der Waals surface area contributed by atoms with Crippen LogP contribution in [0.5, 0.6) is 0 Å². The fourth-order valence-corrected chi connectivity index (χ4v) is 3.99. The number of aromatic nitrogens is 3. The lowest BCUT2D eigenvalue weighted by Gasteiger charge is -2.15. The minimum absolute atomic E-state index is 0.514. The van der Waals surface area contributed by atoms with Gasteiger partial charge < -0.3 is 9.30 Å². The first-order valence-electron chi connectivity index (χ1n) is 8.76. The second-order valence-corrected chi connectivity index (χ2v) is 14.1. The van der Waals surface area contributed by atoms with Gasteiger partial charge in [-0.2, -0.15) is 5.10 Å². The van der Waals surface area contributed by atoms with Gasteiger partial charge in [0.1, 0.15) is 6.73 Å². The highest BCUT2D eigenvalue weighted by Gasteiger charge is 2.13. The smallest absolute Gasteiger partial charge is 0.139 e. The molecule has 3 aromatic rings. The Balaban J connectivity index is 1.78. The maximum Gasteiger partial charge on any atom is 0.139 e. The van der Waals surface area contributed by atoms with Crippen molar-refractivity contribution in [2.24, 2.45) is 0 Å². The zero-order valence-electron chi connectivity index (χ0n) is 15.4. The molecule has 2 aromatic heterocycles. The average Bonchev–Trinajstić information content (AvgIpc) is 3.14. The molecular weight excluding hydrogens is 394 g/mol. The SMILES string of the molecule is CCn1cc(-c2cnn(COCC[Si](C)(C)C)c2)c2cc(Br)ccc21. The van der Waals surface area contributed by atoms with Gasteiger partial charge in [0.15, 0.2) is 0 Å². The average molecular weight is 420 g/mol. The highest BCUT2D eigenvalue weighted by molar-refractivity contribution is 9.10. The lowest BCUT2D eigenvalue weighted by Crippen LogP contribution is -2.22. The molecule has 2 heterocycles. The summed E-state index contributed by atoms with van der Waals surface area (Å²) in [5.74, 6) is 0. The first kappa shape index (κ1) is 18.4. The molecule has 25 heavy (non-hydrogen) atoms. The van der Waals surface area contributed by atoms with Gasteiger partial charge in [-0.25, -0.2) is 4.68 Å². The van der Waals surface area contributed by atoms with Crippen LogP contribution in [0.4, 0.5) is 0 Å². The molecule has 0 fully saturated rings. The molecule has 134 valence electrons. The van der Waals surface area contributed by atoms with Gasteiger partial charge in [0, 0.05) is 60.1 Å². The molecule has 4 nitrogen and oxygen atoms in total. The van der Waals surface area contributed by atoms with E-state index in [1.54, 1.807) is 0 Å². The number of hydrogen-bond acceptors (Lipinski definition) is 2. The summed E-state index contributed by atoms with van der Waals surface area (Å²) in [5, 5.41) is 5.72. The van der Waals surface area contributed by atoms with Gasteiger partial charge in [0.25, 0.3) is 0 Å². The van der Waals surface area contributed by atoms with Crippen molar-refractivity contribution < 1.29 is 4.74 Å². The molecule has 0 bridgehead atoms. The van der Waals surface area contributed by atoms with E-state index >= 15 is 0 Å². The largest absolute Gasteiger partial charge is 0.360 e. The summed E-state index contributed by atoms with van der Waals surface area (Å²) in [6.07, 6.45) is 6.21. The van der Waals surface area contributed by atoms with Crippen LogP contribution in [0.1, 0.15) is 6.92 Å². The third kappa shape index (κ3) is 4.43. The fraction of sp³-hybridized carbons (Fsp3) is 0.421. The molecule has 1 aromatic carbocycles. The molecule has 0 aliphatic heterocycles. The molecule has 0 saturated heterocycles. The molecule has 0 spiro atoms. The Morgan fingerprint density at radius 2 is 2.00 bits per heavy atom. The van der Waals surface area contributed by atoms with Crippen LogP contribution < -0.4 is 0 Å². The standard InChI is InChI=1S/C19H26BrN3OSi/c1-5-22-13-18(17-10-16(20)6-7-19(17)22)15-11-21-23(12-15)14-24-8-9-25(2,3)4/h6-7,10-13H,5,8-9,14H2,1-4H3. The van der Waals surface area contributed by atoms with Crippen molar-refractivity contribution in [3.63, 3.8) is 0 Å². The van der Waals surface area contributed by atoms with E-state index in [9.17, 15) is 0 Å². The molecule has 6 heteroatoms. The van der Waals surface area contributed by atoms with Crippen LogP contribution in [0.2, 0.25) is 25.7 Å². The van der Waals surface area contributed by atoms with E-state index in [1.165, 1.54) is 22.5 Å². The van der Waals surface area contributed by atoms with Crippen LogP contribution in [0, 0.1) is 0 Å². The summed E-state index contributed by atoms with van der Waals surface area (Å²) >= 11 is 3.59. The van der Waals surface area contributed by atoms with Crippen LogP contribution in [-0.4, -0.2) is 29.0 Å². The Hall–Kier alpha value is -1.37. The Bertz CT molecular complexity index is 863. The lowest BCUT2D eigenvalue weighted by atomic mass is 10.1. The molecule has 0 unspecified atom stereocenters. The second-order valence-electron chi connectivity index (χ2n) is 7.61. The van der Waals surface area contributed by atoms with Crippen molar-refractivity contribution in [3.05, 3.63) is 41.3 Å². The quantitative estimate of drug-likeness (QED) is 0.368. The third-order valence-electron chi connectivity index (χ3n) is 4.35. The number of nitrogens with zero attached hydrogens (tertiary/aromatic N) is 3. The van der Waals surface area contributed by atoms with Gasteiger partial charge in [-0.1, -0.05) is 35.6 Å². The maximum atomic E-state index is 5.80. The Kier molecular flexibility index (Phi) is 5.51. The zero-order chi connectivity index (χ0) is 18.0. The van der Waals surface area contributed by atoms with Crippen LogP contribution >= 0.6 is 15.9 Å². The van der Waals surface area contributed by atoms with Crippen LogP contribution in [0.3, 0.4) is 0 Å². The molecule has 0 aliphatic rings. The minimum Gasteiger partial charge on any atom is -0.360 e. The normalized spacial score (nSPS) is 12.2. The summed E-state index contributed by atoms with van der Waals surface area (Å²) in [6, 6.07) is 7.61. The Morgan fingerprint density at radius 1 is 1.20 bits per heavy atom. The predicted molar refractivity (Wildman–Crippen MR) is 111 cm³/mol. The number of benzene rings is 1. The van der Waals surface area contributed by atoms with E-state index in [-0.39, 0.29) is 0 Å². The fourth-order valence-electron chi connectivity index (χ4n) is 2.87. The first-order chi connectivity index (χ1) is 11.9. The molecule has 0 N–H and O–H groups in total. The van der Waals surface area contributed by atoms with E-state index in [0.29, 0.717) is 6.73 Å². The molecule has 0 aliphatic carbocycles. The number of aryl methyl sites for hydroxylation is 1. The highest BCUT2D eigenvalue weighted by Crippen LogP contribution is 2.32. The predicted octanol–water partition coefficient (Wildman–Crippen LogP) is 5.60. The van der Waals surface area contributed by atoms with Crippen LogP contribution in [-0.2, 0) is 18.0 Å². The van der Waals surface area contributed by atoms with Gasteiger partial charge in [-0.15, -0.1) is 0 Å². The lowest BCUT2D eigenvalue weighted by molar-refractivity contribution is 0.0786.